The number of piperazine rings is 1. The Labute approximate surface area is 126 Å². The van der Waals surface area contributed by atoms with Crippen molar-refractivity contribution in [2.45, 2.75) is 19.9 Å². The number of hydrogen-bond donors (Lipinski definition) is 2. The lowest BCUT2D eigenvalue weighted by atomic mass is 9.98. The summed E-state index contributed by atoms with van der Waals surface area (Å²) in [4.78, 5) is 33.3. The Bertz CT molecular complexity index is 740. The summed E-state index contributed by atoms with van der Waals surface area (Å²) in [5.41, 5.74) is 1.06. The molecule has 0 bridgehead atoms. The van der Waals surface area contributed by atoms with E-state index in [0.717, 1.165) is 0 Å². The van der Waals surface area contributed by atoms with Gasteiger partial charge in [-0.3, -0.25) is 9.59 Å². The number of benzene rings is 1. The van der Waals surface area contributed by atoms with E-state index in [1.165, 1.54) is 23.4 Å². The summed E-state index contributed by atoms with van der Waals surface area (Å²) >= 11 is 0. The summed E-state index contributed by atoms with van der Waals surface area (Å²) in [6.07, 6.45) is 1.42. The van der Waals surface area contributed by atoms with Crippen LogP contribution in [-0.2, 0) is 4.79 Å². The number of hydrogen-bond acceptors (Lipinski definition) is 3. The molecule has 0 aliphatic carbocycles. The Morgan fingerprint density at radius 1 is 1.45 bits per heavy atom. The van der Waals surface area contributed by atoms with Crippen molar-refractivity contribution in [3.05, 3.63) is 29.8 Å². The van der Waals surface area contributed by atoms with Gasteiger partial charge in [-0.25, -0.2) is 9.37 Å². The molecule has 3 rings (SSSR count). The van der Waals surface area contributed by atoms with Gasteiger partial charge in [0.1, 0.15) is 17.4 Å². The van der Waals surface area contributed by atoms with E-state index in [-0.39, 0.29) is 23.3 Å². The molecule has 2 heterocycles. The maximum absolute atomic E-state index is 13.7. The molecule has 2 N–H and O–H groups in total. The predicted molar refractivity (Wildman–Crippen MR) is 78.7 cm³/mol. The summed E-state index contributed by atoms with van der Waals surface area (Å²) < 4.78 is 13.7. The van der Waals surface area contributed by atoms with Crippen molar-refractivity contribution < 1.29 is 14.0 Å². The Balaban J connectivity index is 2.04. The number of H-pyrrole nitrogens is 1. The van der Waals surface area contributed by atoms with Gasteiger partial charge in [0, 0.05) is 13.1 Å². The third-order valence-electron chi connectivity index (χ3n) is 3.87. The van der Waals surface area contributed by atoms with E-state index in [4.69, 9.17) is 0 Å². The van der Waals surface area contributed by atoms with Crippen LogP contribution < -0.4 is 5.32 Å². The number of aromatic amines is 1. The van der Waals surface area contributed by atoms with E-state index in [2.05, 4.69) is 15.3 Å². The maximum atomic E-state index is 13.7. The van der Waals surface area contributed by atoms with Crippen molar-refractivity contribution >= 4 is 22.8 Å². The van der Waals surface area contributed by atoms with Gasteiger partial charge in [0.2, 0.25) is 5.91 Å². The fourth-order valence-corrected chi connectivity index (χ4v) is 2.91. The fraction of sp³-hybridized carbons (Fsp3) is 0.400. The molecule has 1 aromatic heterocycles. The van der Waals surface area contributed by atoms with Crippen LogP contribution in [0.15, 0.2) is 18.5 Å². The Morgan fingerprint density at radius 2 is 2.23 bits per heavy atom. The average Bonchev–Trinajstić information content (AvgIpc) is 2.93. The van der Waals surface area contributed by atoms with Crippen molar-refractivity contribution in [3.8, 4) is 0 Å². The third-order valence-corrected chi connectivity index (χ3v) is 3.87. The largest absolute Gasteiger partial charge is 0.353 e. The number of amides is 2. The second kappa shape index (κ2) is 5.40. The molecule has 0 spiro atoms. The summed E-state index contributed by atoms with van der Waals surface area (Å²) in [6.45, 7) is 4.56. The minimum atomic E-state index is -0.557. The van der Waals surface area contributed by atoms with E-state index in [0.29, 0.717) is 24.1 Å². The molecule has 1 aliphatic rings. The molecule has 2 amide bonds. The lowest BCUT2D eigenvalue weighted by Crippen LogP contribution is -2.59. The van der Waals surface area contributed by atoms with Crippen molar-refractivity contribution in [1.29, 1.82) is 0 Å². The zero-order valence-corrected chi connectivity index (χ0v) is 12.4. The van der Waals surface area contributed by atoms with Gasteiger partial charge in [0.25, 0.3) is 5.91 Å². The molecule has 6 nitrogen and oxygen atoms in total. The first kappa shape index (κ1) is 14.5. The molecule has 1 atom stereocenters. The standard InChI is InChI=1S/C15H17FN4O2/c1-8(2)13-14(21)17-3-4-20(13)15(22)10-5-9(16)6-11-12(10)19-7-18-11/h5-8,13H,3-4H2,1-2H3,(H,17,21)(H,18,19)/t13-/m1/s1. The first-order valence-electron chi connectivity index (χ1n) is 7.20. The molecule has 116 valence electrons. The van der Waals surface area contributed by atoms with Gasteiger partial charge >= 0.3 is 0 Å². The molecule has 0 saturated carbocycles. The molecule has 0 radical (unpaired) electrons. The predicted octanol–water partition coefficient (Wildman–Crippen LogP) is 1.30. The zero-order chi connectivity index (χ0) is 15.9. The van der Waals surface area contributed by atoms with Gasteiger partial charge in [-0.1, -0.05) is 13.8 Å². The van der Waals surface area contributed by atoms with Crippen LogP contribution in [-0.4, -0.2) is 45.8 Å². The van der Waals surface area contributed by atoms with Crippen molar-refractivity contribution in [2.75, 3.05) is 13.1 Å². The SMILES string of the molecule is CC(C)[C@@H]1C(=O)NCCN1C(=O)c1cc(F)cc2[nH]cnc12. The maximum Gasteiger partial charge on any atom is 0.256 e. The molecule has 0 unspecified atom stereocenters. The van der Waals surface area contributed by atoms with Gasteiger partial charge in [0.05, 0.1) is 17.4 Å². The van der Waals surface area contributed by atoms with Gasteiger partial charge in [-0.05, 0) is 18.1 Å². The fourth-order valence-electron chi connectivity index (χ4n) is 2.91. The number of nitrogens with one attached hydrogen (secondary N) is 2. The number of imidazole rings is 1. The first-order valence-corrected chi connectivity index (χ1v) is 7.20. The number of nitrogens with zero attached hydrogens (tertiary/aromatic N) is 2. The van der Waals surface area contributed by atoms with Gasteiger partial charge in [0.15, 0.2) is 0 Å². The normalized spacial score (nSPS) is 18.8. The summed E-state index contributed by atoms with van der Waals surface area (Å²) in [7, 11) is 0. The monoisotopic (exact) mass is 304 g/mol. The van der Waals surface area contributed by atoms with Crippen LogP contribution in [0.25, 0.3) is 11.0 Å². The summed E-state index contributed by atoms with van der Waals surface area (Å²) in [5.74, 6) is -1.09. The Kier molecular flexibility index (Phi) is 3.56. The summed E-state index contributed by atoms with van der Waals surface area (Å²) in [5, 5.41) is 2.76. The number of carbonyl (C=O) groups is 2. The van der Waals surface area contributed by atoms with E-state index < -0.39 is 11.9 Å². The van der Waals surface area contributed by atoms with Gasteiger partial charge in [-0.2, -0.15) is 0 Å². The third kappa shape index (κ3) is 2.32. The number of carbonyl (C=O) groups excluding carboxylic acids is 2. The molecule has 1 fully saturated rings. The van der Waals surface area contributed by atoms with Crippen molar-refractivity contribution in [3.63, 3.8) is 0 Å². The molecule has 22 heavy (non-hydrogen) atoms. The van der Waals surface area contributed by atoms with Crippen LogP contribution in [0.3, 0.4) is 0 Å². The smallest absolute Gasteiger partial charge is 0.256 e. The van der Waals surface area contributed by atoms with Crippen LogP contribution in [0.1, 0.15) is 24.2 Å². The molecule has 1 saturated heterocycles. The average molecular weight is 304 g/mol. The van der Waals surface area contributed by atoms with E-state index in [1.54, 1.807) is 0 Å². The van der Waals surface area contributed by atoms with Gasteiger partial charge < -0.3 is 15.2 Å². The van der Waals surface area contributed by atoms with Crippen LogP contribution >= 0.6 is 0 Å². The van der Waals surface area contributed by atoms with Crippen LogP contribution in [0, 0.1) is 11.7 Å². The lowest BCUT2D eigenvalue weighted by Gasteiger charge is -2.37. The second-order valence-electron chi connectivity index (χ2n) is 5.73. The number of rotatable bonds is 2. The number of fused-ring (bicyclic) bond motifs is 1. The lowest BCUT2D eigenvalue weighted by molar-refractivity contribution is -0.129. The molecule has 1 aliphatic heterocycles. The highest BCUT2D eigenvalue weighted by molar-refractivity contribution is 6.06. The van der Waals surface area contributed by atoms with E-state index in [9.17, 15) is 14.0 Å². The molecular weight excluding hydrogens is 287 g/mol. The zero-order valence-electron chi connectivity index (χ0n) is 12.4. The number of halogens is 1. The summed E-state index contributed by atoms with van der Waals surface area (Å²) in [6, 6.07) is 1.91. The van der Waals surface area contributed by atoms with E-state index >= 15 is 0 Å². The minimum absolute atomic E-state index is 0.0347. The molecule has 2 aromatic rings. The van der Waals surface area contributed by atoms with Crippen LogP contribution in [0.5, 0.6) is 0 Å². The highest BCUT2D eigenvalue weighted by Gasteiger charge is 2.36. The Morgan fingerprint density at radius 3 is 2.95 bits per heavy atom. The number of aromatic nitrogens is 2. The topological polar surface area (TPSA) is 78.1 Å². The first-order chi connectivity index (χ1) is 10.5. The van der Waals surface area contributed by atoms with Crippen LogP contribution in [0.4, 0.5) is 4.39 Å². The molecule has 7 heteroatoms. The molecular formula is C15H17FN4O2. The van der Waals surface area contributed by atoms with Gasteiger partial charge in [-0.15, -0.1) is 0 Å². The highest BCUT2D eigenvalue weighted by Crippen LogP contribution is 2.22. The van der Waals surface area contributed by atoms with Crippen molar-refractivity contribution in [2.24, 2.45) is 5.92 Å². The Hall–Kier alpha value is -2.44. The molecule has 1 aromatic carbocycles. The second-order valence-corrected chi connectivity index (χ2v) is 5.73. The van der Waals surface area contributed by atoms with Crippen molar-refractivity contribution in [1.82, 2.24) is 20.2 Å². The highest BCUT2D eigenvalue weighted by atomic mass is 19.1. The quantitative estimate of drug-likeness (QED) is 0.878. The van der Waals surface area contributed by atoms with E-state index in [1.807, 2.05) is 13.8 Å². The van der Waals surface area contributed by atoms with Crippen LogP contribution in [0.2, 0.25) is 0 Å². The minimum Gasteiger partial charge on any atom is -0.353 e.